The van der Waals surface area contributed by atoms with Crippen molar-refractivity contribution in [2.75, 3.05) is 17.2 Å². The molecular weight excluding hydrogens is 398 g/mol. The third kappa shape index (κ3) is 3.41. The van der Waals surface area contributed by atoms with Crippen LogP contribution in [0, 0.1) is 0 Å². The van der Waals surface area contributed by atoms with E-state index in [9.17, 15) is 0 Å². The van der Waals surface area contributed by atoms with Gasteiger partial charge in [0, 0.05) is 18.8 Å². The van der Waals surface area contributed by atoms with Crippen LogP contribution in [0.15, 0.2) is 29.1 Å². The van der Waals surface area contributed by atoms with Crippen LogP contribution in [0.25, 0.3) is 0 Å². The van der Waals surface area contributed by atoms with Gasteiger partial charge >= 0.3 is 0 Å². The van der Waals surface area contributed by atoms with Crippen molar-refractivity contribution in [2.24, 2.45) is 0 Å². The van der Waals surface area contributed by atoms with Gasteiger partial charge in [-0.15, -0.1) is 0 Å². The zero-order valence-corrected chi connectivity index (χ0v) is 16.2. The average Bonchev–Trinajstić information content (AvgIpc) is 3.17. The van der Waals surface area contributed by atoms with E-state index in [1.165, 1.54) is 0 Å². The fraction of sp³-hybridized carbons (Fsp3) is 0.438. The lowest BCUT2D eigenvalue weighted by molar-refractivity contribution is 0.474. The van der Waals surface area contributed by atoms with E-state index in [1.54, 1.807) is 23.4 Å². The van der Waals surface area contributed by atoms with Gasteiger partial charge in [-0.1, -0.05) is 0 Å². The Labute approximate surface area is 159 Å². The van der Waals surface area contributed by atoms with Gasteiger partial charge in [0.25, 0.3) is 0 Å². The molecule has 3 aromatic heterocycles. The minimum atomic E-state index is -0.0475. The molecule has 4 rings (SSSR count). The summed E-state index contributed by atoms with van der Waals surface area (Å²) >= 11 is 3.46. The van der Waals surface area contributed by atoms with Crippen molar-refractivity contribution in [2.45, 2.75) is 38.8 Å². The summed E-state index contributed by atoms with van der Waals surface area (Å²) in [5.41, 5.74) is 0.902. The molecule has 0 spiro atoms. The fourth-order valence-corrected chi connectivity index (χ4v) is 3.02. The lowest BCUT2D eigenvalue weighted by Crippen LogP contribution is -2.11. The van der Waals surface area contributed by atoms with Crippen molar-refractivity contribution in [1.82, 2.24) is 34.7 Å². The van der Waals surface area contributed by atoms with Gasteiger partial charge in [0.1, 0.15) is 17.7 Å². The SMILES string of the molecule is CCNc1nc(Nc2cc([C@H](C)n3nccn3)nn2C2CC2)ncc1Br. The van der Waals surface area contributed by atoms with Crippen LogP contribution >= 0.6 is 15.9 Å². The van der Waals surface area contributed by atoms with Crippen LogP contribution in [0.2, 0.25) is 0 Å². The first kappa shape index (κ1) is 17.0. The number of aromatic nitrogens is 7. The molecule has 1 aliphatic carbocycles. The van der Waals surface area contributed by atoms with E-state index < -0.39 is 0 Å². The Morgan fingerprint density at radius 1 is 1.31 bits per heavy atom. The van der Waals surface area contributed by atoms with E-state index in [1.807, 2.05) is 24.6 Å². The largest absolute Gasteiger partial charge is 0.369 e. The Kier molecular flexibility index (Phi) is 4.58. The summed E-state index contributed by atoms with van der Waals surface area (Å²) in [5, 5.41) is 19.7. The predicted octanol–water partition coefficient (Wildman–Crippen LogP) is 3.15. The molecule has 3 aromatic rings. The van der Waals surface area contributed by atoms with Gasteiger partial charge in [-0.05, 0) is 42.6 Å². The molecule has 1 aliphatic rings. The van der Waals surface area contributed by atoms with Gasteiger partial charge in [-0.25, -0.2) is 9.67 Å². The Morgan fingerprint density at radius 2 is 2.08 bits per heavy atom. The molecule has 3 heterocycles. The third-order valence-electron chi connectivity index (χ3n) is 4.19. The number of hydrogen-bond acceptors (Lipinski definition) is 7. The van der Waals surface area contributed by atoms with E-state index >= 15 is 0 Å². The maximum absolute atomic E-state index is 4.77. The molecule has 0 bridgehead atoms. The normalized spacial score (nSPS) is 15.0. The zero-order chi connectivity index (χ0) is 18.1. The standard InChI is InChI=1S/C16H20BrN9/c1-3-18-15-12(17)9-19-16(23-15)22-14-8-13(24-25(14)11-4-5-11)10(2)26-20-6-7-21-26/h6-11H,3-5H2,1-2H3,(H2,18,19,22,23)/t10-/m0/s1. The van der Waals surface area contributed by atoms with Gasteiger partial charge in [0.05, 0.1) is 28.6 Å². The number of halogens is 1. The summed E-state index contributed by atoms with van der Waals surface area (Å²) in [6.45, 7) is 4.84. The van der Waals surface area contributed by atoms with Gasteiger partial charge in [0.15, 0.2) is 0 Å². The number of nitrogens with zero attached hydrogens (tertiary/aromatic N) is 7. The number of hydrogen-bond donors (Lipinski definition) is 2. The van der Waals surface area contributed by atoms with E-state index in [0.29, 0.717) is 12.0 Å². The first-order valence-electron chi connectivity index (χ1n) is 8.64. The van der Waals surface area contributed by atoms with E-state index in [0.717, 1.165) is 41.2 Å². The second-order valence-corrected chi connectivity index (χ2v) is 7.06. The molecule has 136 valence electrons. The van der Waals surface area contributed by atoms with Gasteiger partial charge in [-0.2, -0.15) is 25.1 Å². The second kappa shape index (κ2) is 7.02. The van der Waals surface area contributed by atoms with Gasteiger partial charge < -0.3 is 10.6 Å². The minimum Gasteiger partial charge on any atom is -0.369 e. The van der Waals surface area contributed by atoms with Crippen LogP contribution < -0.4 is 10.6 Å². The highest BCUT2D eigenvalue weighted by atomic mass is 79.9. The molecule has 0 aromatic carbocycles. The molecule has 0 radical (unpaired) electrons. The summed E-state index contributed by atoms with van der Waals surface area (Å²) < 4.78 is 2.85. The number of nitrogens with one attached hydrogen (secondary N) is 2. The van der Waals surface area contributed by atoms with E-state index in [-0.39, 0.29) is 6.04 Å². The molecule has 1 saturated carbocycles. The number of anilines is 3. The van der Waals surface area contributed by atoms with E-state index in [4.69, 9.17) is 5.10 Å². The van der Waals surface area contributed by atoms with Crippen LogP contribution in [0.1, 0.15) is 44.5 Å². The minimum absolute atomic E-state index is 0.0475. The van der Waals surface area contributed by atoms with Crippen molar-refractivity contribution in [3.05, 3.63) is 34.8 Å². The smallest absolute Gasteiger partial charge is 0.230 e. The zero-order valence-electron chi connectivity index (χ0n) is 14.6. The van der Waals surface area contributed by atoms with Crippen molar-refractivity contribution in [1.29, 1.82) is 0 Å². The first-order chi connectivity index (χ1) is 12.7. The topological polar surface area (TPSA) is 98.4 Å². The highest BCUT2D eigenvalue weighted by molar-refractivity contribution is 9.10. The third-order valence-corrected chi connectivity index (χ3v) is 4.77. The summed E-state index contributed by atoms with van der Waals surface area (Å²) in [7, 11) is 0. The van der Waals surface area contributed by atoms with Crippen LogP contribution in [-0.4, -0.2) is 41.3 Å². The lowest BCUT2D eigenvalue weighted by atomic mass is 10.2. The molecule has 0 aliphatic heterocycles. The molecule has 26 heavy (non-hydrogen) atoms. The molecule has 1 atom stereocenters. The Morgan fingerprint density at radius 3 is 2.77 bits per heavy atom. The van der Waals surface area contributed by atoms with Crippen molar-refractivity contribution < 1.29 is 0 Å². The molecule has 10 heteroatoms. The summed E-state index contributed by atoms with van der Waals surface area (Å²) in [6.07, 6.45) is 7.35. The fourth-order valence-electron chi connectivity index (χ4n) is 2.69. The van der Waals surface area contributed by atoms with Crippen LogP contribution in [0.4, 0.5) is 17.6 Å². The van der Waals surface area contributed by atoms with Crippen LogP contribution in [0.3, 0.4) is 0 Å². The summed E-state index contributed by atoms with van der Waals surface area (Å²) in [6, 6.07) is 2.39. The van der Waals surface area contributed by atoms with Gasteiger partial charge in [-0.3, -0.25) is 0 Å². The predicted molar refractivity (Wildman–Crippen MR) is 102 cm³/mol. The van der Waals surface area contributed by atoms with Crippen molar-refractivity contribution in [3.63, 3.8) is 0 Å². The average molecular weight is 418 g/mol. The Balaban J connectivity index is 1.63. The molecule has 9 nitrogen and oxygen atoms in total. The van der Waals surface area contributed by atoms with E-state index in [2.05, 4.69) is 46.7 Å². The Bertz CT molecular complexity index is 885. The molecule has 0 amide bonds. The van der Waals surface area contributed by atoms with Crippen molar-refractivity contribution >= 4 is 33.5 Å². The number of rotatable bonds is 7. The highest BCUT2D eigenvalue weighted by Crippen LogP contribution is 2.38. The molecular formula is C16H20BrN9. The van der Waals surface area contributed by atoms with Gasteiger partial charge in [0.2, 0.25) is 5.95 Å². The molecule has 1 fully saturated rings. The summed E-state index contributed by atoms with van der Waals surface area (Å²) in [5.74, 6) is 2.17. The van der Waals surface area contributed by atoms with Crippen LogP contribution in [-0.2, 0) is 0 Å². The molecule has 0 unspecified atom stereocenters. The first-order valence-corrected chi connectivity index (χ1v) is 9.43. The van der Waals surface area contributed by atoms with Crippen LogP contribution in [0.5, 0.6) is 0 Å². The quantitative estimate of drug-likeness (QED) is 0.608. The Hall–Kier alpha value is -2.49. The van der Waals surface area contributed by atoms with Crippen molar-refractivity contribution in [3.8, 4) is 0 Å². The maximum Gasteiger partial charge on any atom is 0.230 e. The lowest BCUT2D eigenvalue weighted by Gasteiger charge is -2.10. The molecule has 0 saturated heterocycles. The highest BCUT2D eigenvalue weighted by Gasteiger charge is 2.29. The molecule has 2 N–H and O–H groups in total. The second-order valence-electron chi connectivity index (χ2n) is 6.20. The maximum atomic E-state index is 4.77. The monoisotopic (exact) mass is 417 g/mol. The summed E-state index contributed by atoms with van der Waals surface area (Å²) in [4.78, 5) is 10.5.